The van der Waals surface area contributed by atoms with Crippen molar-refractivity contribution < 1.29 is 9.18 Å². The van der Waals surface area contributed by atoms with Gasteiger partial charge in [0, 0.05) is 6.20 Å². The predicted octanol–water partition coefficient (Wildman–Crippen LogP) is 3.18. The number of carbonyl (C=O) groups is 1. The number of hydrogen-bond acceptors (Lipinski definition) is 3. The van der Waals surface area contributed by atoms with Crippen molar-refractivity contribution in [2.45, 2.75) is 52.1 Å². The van der Waals surface area contributed by atoms with Gasteiger partial charge >= 0.3 is 0 Å². The van der Waals surface area contributed by atoms with Gasteiger partial charge in [-0.2, -0.15) is 5.10 Å². The first kappa shape index (κ1) is 17.6. The molecule has 3 unspecified atom stereocenters. The van der Waals surface area contributed by atoms with Crippen LogP contribution in [0.25, 0.3) is 0 Å². The molecule has 0 spiro atoms. The molecule has 2 N–H and O–H groups in total. The highest BCUT2D eigenvalue weighted by molar-refractivity contribution is 5.92. The smallest absolute Gasteiger partial charge is 0.270 e. The summed E-state index contributed by atoms with van der Waals surface area (Å²) in [5, 5.41) is 7.18. The van der Waals surface area contributed by atoms with Crippen LogP contribution >= 0.6 is 0 Å². The fourth-order valence-electron chi connectivity index (χ4n) is 3.83. The summed E-state index contributed by atoms with van der Waals surface area (Å²) in [7, 11) is 0. The van der Waals surface area contributed by atoms with Gasteiger partial charge in [-0.25, -0.2) is 9.37 Å². The maximum Gasteiger partial charge on any atom is 0.270 e. The van der Waals surface area contributed by atoms with Crippen LogP contribution in [0.2, 0.25) is 0 Å². The van der Waals surface area contributed by atoms with Crippen molar-refractivity contribution in [2.75, 3.05) is 6.67 Å². The zero-order valence-electron chi connectivity index (χ0n) is 14.8. The van der Waals surface area contributed by atoms with Gasteiger partial charge in [-0.1, -0.05) is 19.8 Å². The fraction of sp³-hybridized carbons (Fsp3) is 0.611. The fourth-order valence-corrected chi connectivity index (χ4v) is 3.83. The molecule has 2 aromatic rings. The lowest BCUT2D eigenvalue weighted by atomic mass is 9.78. The molecule has 0 bridgehead atoms. The van der Waals surface area contributed by atoms with E-state index in [4.69, 9.17) is 0 Å². The number of aromatic amines is 1. The van der Waals surface area contributed by atoms with Gasteiger partial charge in [0.05, 0.1) is 24.5 Å². The lowest BCUT2D eigenvalue weighted by molar-refractivity contribution is 0.0892. The molecule has 0 aromatic carbocycles. The molecule has 1 saturated carbocycles. The Balaban J connectivity index is 1.81. The summed E-state index contributed by atoms with van der Waals surface area (Å²) in [6.07, 6.45) is 7.90. The van der Waals surface area contributed by atoms with E-state index in [1.54, 1.807) is 12.3 Å². The lowest BCUT2D eigenvalue weighted by Crippen LogP contribution is -2.36. The summed E-state index contributed by atoms with van der Waals surface area (Å²) in [4.78, 5) is 20.4. The number of halogens is 1. The summed E-state index contributed by atoms with van der Waals surface area (Å²) >= 11 is 0. The van der Waals surface area contributed by atoms with E-state index in [1.165, 1.54) is 23.7 Å². The topological polar surface area (TPSA) is 75.6 Å². The summed E-state index contributed by atoms with van der Waals surface area (Å²) in [5.74, 6) is 1.63. The SMILES string of the molecule is Cc1ncc(C(NC(=O)c2ccnn2CCF)C2CCCC(C)C2)[nH]1. The number of nitrogens with zero attached hydrogens (tertiary/aromatic N) is 3. The quantitative estimate of drug-likeness (QED) is 0.843. The van der Waals surface area contributed by atoms with Crippen LogP contribution in [-0.4, -0.2) is 32.3 Å². The normalized spacial score (nSPS) is 21.9. The number of H-pyrrole nitrogens is 1. The lowest BCUT2D eigenvalue weighted by Gasteiger charge is -2.33. The molecule has 25 heavy (non-hydrogen) atoms. The number of carbonyl (C=O) groups excluding carboxylic acids is 1. The van der Waals surface area contributed by atoms with Crippen LogP contribution in [0.15, 0.2) is 18.5 Å². The predicted molar refractivity (Wildman–Crippen MR) is 92.9 cm³/mol. The Kier molecular flexibility index (Phi) is 5.50. The van der Waals surface area contributed by atoms with E-state index in [2.05, 4.69) is 27.3 Å². The van der Waals surface area contributed by atoms with Crippen LogP contribution in [-0.2, 0) is 6.54 Å². The number of aryl methyl sites for hydroxylation is 2. The second kappa shape index (κ2) is 7.80. The Bertz CT molecular complexity index is 710. The van der Waals surface area contributed by atoms with Crippen molar-refractivity contribution in [3.63, 3.8) is 0 Å². The third-order valence-corrected chi connectivity index (χ3v) is 5.04. The highest BCUT2D eigenvalue weighted by Crippen LogP contribution is 2.36. The highest BCUT2D eigenvalue weighted by Gasteiger charge is 2.31. The van der Waals surface area contributed by atoms with Crippen molar-refractivity contribution >= 4 is 5.91 Å². The number of amides is 1. The molecule has 6 nitrogen and oxygen atoms in total. The largest absolute Gasteiger partial charge is 0.344 e. The van der Waals surface area contributed by atoms with Gasteiger partial charge in [-0.15, -0.1) is 0 Å². The Morgan fingerprint density at radius 3 is 3.04 bits per heavy atom. The van der Waals surface area contributed by atoms with Crippen LogP contribution in [0.5, 0.6) is 0 Å². The first-order chi connectivity index (χ1) is 12.1. The molecule has 3 rings (SSSR count). The van der Waals surface area contributed by atoms with Crippen LogP contribution in [0, 0.1) is 18.8 Å². The van der Waals surface area contributed by atoms with Gasteiger partial charge in [0.1, 0.15) is 18.2 Å². The molecule has 0 saturated heterocycles. The number of alkyl halides is 1. The molecule has 1 fully saturated rings. The molecular formula is C18H26FN5O. The van der Waals surface area contributed by atoms with Crippen molar-refractivity contribution in [2.24, 2.45) is 11.8 Å². The molecule has 1 aliphatic carbocycles. The molecular weight excluding hydrogens is 321 g/mol. The number of rotatable bonds is 6. The molecule has 2 heterocycles. The number of hydrogen-bond donors (Lipinski definition) is 2. The molecule has 7 heteroatoms. The van der Waals surface area contributed by atoms with Gasteiger partial charge in [0.25, 0.3) is 5.91 Å². The third-order valence-electron chi connectivity index (χ3n) is 5.04. The Morgan fingerprint density at radius 1 is 1.52 bits per heavy atom. The number of imidazole rings is 1. The van der Waals surface area contributed by atoms with E-state index in [0.717, 1.165) is 24.4 Å². The van der Waals surface area contributed by atoms with E-state index in [-0.39, 0.29) is 18.5 Å². The van der Waals surface area contributed by atoms with Crippen molar-refractivity contribution in [3.8, 4) is 0 Å². The Morgan fingerprint density at radius 2 is 2.36 bits per heavy atom. The van der Waals surface area contributed by atoms with E-state index >= 15 is 0 Å². The number of aromatic nitrogens is 4. The van der Waals surface area contributed by atoms with Crippen molar-refractivity contribution in [1.29, 1.82) is 0 Å². The molecule has 0 radical (unpaired) electrons. The molecule has 136 valence electrons. The Labute approximate surface area is 147 Å². The second-order valence-corrected chi connectivity index (χ2v) is 7.04. The highest BCUT2D eigenvalue weighted by atomic mass is 19.1. The first-order valence-corrected chi connectivity index (χ1v) is 8.98. The molecule has 3 atom stereocenters. The molecule has 1 amide bonds. The molecule has 0 aliphatic heterocycles. The van der Waals surface area contributed by atoms with E-state index in [9.17, 15) is 9.18 Å². The minimum Gasteiger partial charge on any atom is -0.344 e. The minimum absolute atomic E-state index is 0.0873. The van der Waals surface area contributed by atoms with Crippen molar-refractivity contribution in [1.82, 2.24) is 25.1 Å². The van der Waals surface area contributed by atoms with Gasteiger partial charge < -0.3 is 10.3 Å². The van der Waals surface area contributed by atoms with Gasteiger partial charge in [-0.05, 0) is 37.7 Å². The standard InChI is InChI=1S/C18H26FN5O/c1-12-4-3-5-14(10-12)17(15-11-20-13(2)22-15)23-18(25)16-6-8-21-24(16)9-7-19/h6,8,11-12,14,17H,3-5,7,9-10H2,1-2H3,(H,20,22)(H,23,25). The van der Waals surface area contributed by atoms with Crippen molar-refractivity contribution in [3.05, 3.63) is 35.7 Å². The third kappa shape index (κ3) is 4.08. The minimum atomic E-state index is -0.550. The van der Waals surface area contributed by atoms with E-state index in [0.29, 0.717) is 17.5 Å². The summed E-state index contributed by atoms with van der Waals surface area (Å²) in [6, 6.07) is 1.51. The maximum absolute atomic E-state index is 12.8. The average molecular weight is 347 g/mol. The first-order valence-electron chi connectivity index (χ1n) is 8.98. The summed E-state index contributed by atoms with van der Waals surface area (Å²) < 4.78 is 14.1. The summed E-state index contributed by atoms with van der Waals surface area (Å²) in [5.41, 5.74) is 1.32. The maximum atomic E-state index is 12.8. The van der Waals surface area contributed by atoms with Gasteiger partial charge in [0.15, 0.2) is 0 Å². The van der Waals surface area contributed by atoms with Crippen LogP contribution in [0.1, 0.15) is 60.7 Å². The zero-order chi connectivity index (χ0) is 17.8. The van der Waals surface area contributed by atoms with Crippen LogP contribution < -0.4 is 5.32 Å². The monoisotopic (exact) mass is 347 g/mol. The second-order valence-electron chi connectivity index (χ2n) is 7.04. The van der Waals surface area contributed by atoms with Gasteiger partial charge in [-0.3, -0.25) is 9.48 Å². The van der Waals surface area contributed by atoms with Crippen LogP contribution in [0.3, 0.4) is 0 Å². The number of nitrogens with one attached hydrogen (secondary N) is 2. The van der Waals surface area contributed by atoms with Crippen LogP contribution in [0.4, 0.5) is 4.39 Å². The molecule has 2 aromatic heterocycles. The van der Waals surface area contributed by atoms with E-state index < -0.39 is 6.67 Å². The Hall–Kier alpha value is -2.18. The van der Waals surface area contributed by atoms with Gasteiger partial charge in [0.2, 0.25) is 0 Å². The zero-order valence-corrected chi connectivity index (χ0v) is 14.8. The molecule has 1 aliphatic rings. The summed E-state index contributed by atoms with van der Waals surface area (Å²) in [6.45, 7) is 3.71. The average Bonchev–Trinajstić information content (AvgIpc) is 3.22. The van der Waals surface area contributed by atoms with E-state index in [1.807, 2.05) is 6.92 Å².